The number of hydrogen-bond acceptors (Lipinski definition) is 3. The molecule has 0 saturated carbocycles. The summed E-state index contributed by atoms with van der Waals surface area (Å²) in [7, 11) is 0. The van der Waals surface area contributed by atoms with Gasteiger partial charge in [0.1, 0.15) is 5.69 Å². The van der Waals surface area contributed by atoms with Gasteiger partial charge in [-0.15, -0.1) is 0 Å². The Balaban J connectivity index is 2.53. The Morgan fingerprint density at radius 1 is 1.23 bits per heavy atom. The van der Waals surface area contributed by atoms with Crippen LogP contribution in [0.15, 0.2) is 28.8 Å². The highest BCUT2D eigenvalue weighted by atomic mass is 16.4. The van der Waals surface area contributed by atoms with Gasteiger partial charge in [0.25, 0.3) is 0 Å². The second-order valence-corrected chi connectivity index (χ2v) is 2.86. The summed E-state index contributed by atoms with van der Waals surface area (Å²) in [5.74, 6) is 1.44. The molecule has 2 rings (SSSR count). The van der Waals surface area contributed by atoms with Gasteiger partial charge in [-0.1, -0.05) is 6.07 Å². The molecule has 0 aliphatic rings. The van der Waals surface area contributed by atoms with Crippen molar-refractivity contribution < 1.29 is 4.42 Å². The lowest BCUT2D eigenvalue weighted by Crippen LogP contribution is -1.81. The summed E-state index contributed by atoms with van der Waals surface area (Å²) in [4.78, 5) is 8.37. The molecule has 0 radical (unpaired) electrons. The van der Waals surface area contributed by atoms with Gasteiger partial charge in [0, 0.05) is 13.1 Å². The molecule has 2 aromatic heterocycles. The van der Waals surface area contributed by atoms with E-state index in [4.69, 9.17) is 4.42 Å². The maximum atomic E-state index is 5.43. The van der Waals surface area contributed by atoms with Crippen molar-refractivity contribution in [2.75, 3.05) is 0 Å². The monoisotopic (exact) mass is 174 g/mol. The van der Waals surface area contributed by atoms with Gasteiger partial charge in [-0.2, -0.15) is 0 Å². The van der Waals surface area contributed by atoms with E-state index in [1.165, 1.54) is 0 Å². The van der Waals surface area contributed by atoms with Crippen molar-refractivity contribution in [1.29, 1.82) is 0 Å². The van der Waals surface area contributed by atoms with E-state index in [9.17, 15) is 0 Å². The maximum Gasteiger partial charge on any atom is 0.192 e. The Morgan fingerprint density at radius 2 is 2.08 bits per heavy atom. The molecular weight excluding hydrogens is 164 g/mol. The van der Waals surface area contributed by atoms with Crippen LogP contribution in [0, 0.1) is 13.8 Å². The third-order valence-electron chi connectivity index (χ3n) is 1.80. The largest absolute Gasteiger partial charge is 0.439 e. The van der Waals surface area contributed by atoms with E-state index in [1.54, 1.807) is 6.20 Å². The molecule has 0 N–H and O–H groups in total. The van der Waals surface area contributed by atoms with E-state index in [0.29, 0.717) is 5.89 Å². The van der Waals surface area contributed by atoms with E-state index in [2.05, 4.69) is 9.97 Å². The second kappa shape index (κ2) is 3.01. The molecule has 0 fully saturated rings. The van der Waals surface area contributed by atoms with Gasteiger partial charge in [0.05, 0.1) is 5.69 Å². The fraction of sp³-hybridized carbons (Fsp3) is 0.200. The minimum atomic E-state index is 0.679. The van der Waals surface area contributed by atoms with Gasteiger partial charge >= 0.3 is 0 Å². The van der Waals surface area contributed by atoms with Crippen molar-refractivity contribution in [2.45, 2.75) is 13.8 Å². The van der Waals surface area contributed by atoms with Crippen LogP contribution in [0.5, 0.6) is 0 Å². The average Bonchev–Trinajstić information content (AvgIpc) is 2.47. The molecule has 3 nitrogen and oxygen atoms in total. The highest BCUT2D eigenvalue weighted by molar-refractivity contribution is 5.54. The zero-order valence-electron chi connectivity index (χ0n) is 7.61. The minimum Gasteiger partial charge on any atom is -0.439 e. The fourth-order valence-corrected chi connectivity index (χ4v) is 1.27. The number of pyridine rings is 1. The summed E-state index contributed by atoms with van der Waals surface area (Å²) in [6.45, 7) is 3.75. The molecule has 2 heterocycles. The summed E-state index contributed by atoms with van der Waals surface area (Å²) < 4.78 is 5.43. The lowest BCUT2D eigenvalue weighted by Gasteiger charge is -1.94. The molecule has 3 heteroatoms. The number of aryl methyl sites for hydroxylation is 2. The fourth-order valence-electron chi connectivity index (χ4n) is 1.27. The number of rotatable bonds is 1. The van der Waals surface area contributed by atoms with Crippen LogP contribution in [0.1, 0.15) is 11.6 Å². The lowest BCUT2D eigenvalue weighted by atomic mass is 10.2. The van der Waals surface area contributed by atoms with Gasteiger partial charge < -0.3 is 4.42 Å². The SMILES string of the molecule is Cc1nc(C)c(-c2ccccn2)o1. The zero-order chi connectivity index (χ0) is 9.26. The normalized spacial score (nSPS) is 10.3. The van der Waals surface area contributed by atoms with Crippen LogP contribution in [-0.4, -0.2) is 9.97 Å². The van der Waals surface area contributed by atoms with Gasteiger partial charge in [-0.05, 0) is 19.1 Å². The molecule has 0 aliphatic carbocycles. The van der Waals surface area contributed by atoms with Crippen LogP contribution in [0.4, 0.5) is 0 Å². The molecule has 2 aromatic rings. The first-order chi connectivity index (χ1) is 6.27. The molecule has 66 valence electrons. The van der Waals surface area contributed by atoms with E-state index in [1.807, 2.05) is 32.0 Å². The van der Waals surface area contributed by atoms with Crippen LogP contribution in [0.3, 0.4) is 0 Å². The predicted molar refractivity (Wildman–Crippen MR) is 49.2 cm³/mol. The summed E-state index contributed by atoms with van der Waals surface area (Å²) in [6, 6.07) is 5.72. The Morgan fingerprint density at radius 3 is 2.62 bits per heavy atom. The highest BCUT2D eigenvalue weighted by Crippen LogP contribution is 2.21. The highest BCUT2D eigenvalue weighted by Gasteiger charge is 2.09. The van der Waals surface area contributed by atoms with Gasteiger partial charge in [0.2, 0.25) is 0 Å². The van der Waals surface area contributed by atoms with E-state index in [-0.39, 0.29) is 0 Å². The van der Waals surface area contributed by atoms with Crippen molar-refractivity contribution in [3.05, 3.63) is 36.0 Å². The quantitative estimate of drug-likeness (QED) is 0.666. The topological polar surface area (TPSA) is 38.9 Å². The second-order valence-electron chi connectivity index (χ2n) is 2.86. The van der Waals surface area contributed by atoms with Gasteiger partial charge in [-0.3, -0.25) is 4.98 Å². The molecular formula is C10H10N2O. The van der Waals surface area contributed by atoms with Gasteiger partial charge in [-0.25, -0.2) is 4.98 Å². The Hall–Kier alpha value is -1.64. The molecule has 0 spiro atoms. The standard InChI is InChI=1S/C10H10N2O/c1-7-10(13-8(2)12-7)9-5-3-4-6-11-9/h3-6H,1-2H3. The molecule has 0 amide bonds. The number of hydrogen-bond donors (Lipinski definition) is 0. The van der Waals surface area contributed by atoms with Crippen LogP contribution in [-0.2, 0) is 0 Å². The van der Waals surface area contributed by atoms with Crippen LogP contribution in [0.2, 0.25) is 0 Å². The summed E-state index contributed by atoms with van der Waals surface area (Å²) in [6.07, 6.45) is 1.74. The molecule has 0 bridgehead atoms. The zero-order valence-corrected chi connectivity index (χ0v) is 7.61. The minimum absolute atomic E-state index is 0.679. The summed E-state index contributed by atoms with van der Waals surface area (Å²) in [5.41, 5.74) is 1.72. The van der Waals surface area contributed by atoms with Gasteiger partial charge in [0.15, 0.2) is 11.7 Å². The van der Waals surface area contributed by atoms with E-state index < -0.39 is 0 Å². The summed E-state index contributed by atoms with van der Waals surface area (Å²) >= 11 is 0. The number of nitrogens with zero attached hydrogens (tertiary/aromatic N) is 2. The maximum absolute atomic E-state index is 5.43. The molecule has 0 saturated heterocycles. The first-order valence-corrected chi connectivity index (χ1v) is 4.13. The van der Waals surface area contributed by atoms with E-state index in [0.717, 1.165) is 17.1 Å². The summed E-state index contributed by atoms with van der Waals surface area (Å²) in [5, 5.41) is 0. The molecule has 0 unspecified atom stereocenters. The Bertz CT molecular complexity index is 406. The van der Waals surface area contributed by atoms with Crippen molar-refractivity contribution >= 4 is 0 Å². The number of oxazole rings is 1. The predicted octanol–water partition coefficient (Wildman–Crippen LogP) is 2.35. The molecule has 0 aromatic carbocycles. The third-order valence-corrected chi connectivity index (χ3v) is 1.80. The first kappa shape index (κ1) is 7.98. The average molecular weight is 174 g/mol. The Kier molecular flexibility index (Phi) is 1.85. The smallest absolute Gasteiger partial charge is 0.192 e. The molecule has 13 heavy (non-hydrogen) atoms. The van der Waals surface area contributed by atoms with E-state index >= 15 is 0 Å². The molecule has 0 aliphatic heterocycles. The van der Waals surface area contributed by atoms with Crippen LogP contribution >= 0.6 is 0 Å². The third kappa shape index (κ3) is 1.45. The van der Waals surface area contributed by atoms with Crippen molar-refractivity contribution in [2.24, 2.45) is 0 Å². The molecule has 0 atom stereocenters. The Labute approximate surface area is 76.5 Å². The first-order valence-electron chi connectivity index (χ1n) is 4.13. The van der Waals surface area contributed by atoms with Crippen molar-refractivity contribution in [3.63, 3.8) is 0 Å². The number of aromatic nitrogens is 2. The van der Waals surface area contributed by atoms with Crippen LogP contribution in [0.25, 0.3) is 11.5 Å². The van der Waals surface area contributed by atoms with Crippen molar-refractivity contribution in [3.8, 4) is 11.5 Å². The lowest BCUT2D eigenvalue weighted by molar-refractivity contribution is 0.532. The van der Waals surface area contributed by atoms with Crippen molar-refractivity contribution in [1.82, 2.24) is 9.97 Å². The van der Waals surface area contributed by atoms with Crippen LogP contribution < -0.4 is 0 Å².